The number of methoxy groups -OCH3 is 2. The summed E-state index contributed by atoms with van der Waals surface area (Å²) in [6.07, 6.45) is 1.92. The number of carbonyl (C=O) groups excluding carboxylic acids is 2. The molecule has 0 aromatic heterocycles. The third-order valence-electron chi connectivity index (χ3n) is 5.95. The van der Waals surface area contributed by atoms with Crippen molar-refractivity contribution in [2.45, 2.75) is 25.8 Å². The zero-order valence-corrected chi connectivity index (χ0v) is 21.0. The maximum absolute atomic E-state index is 13.2. The van der Waals surface area contributed by atoms with Gasteiger partial charge in [0.2, 0.25) is 0 Å². The number of aliphatic hydroxyl groups excluding tert-OH is 1. The minimum Gasteiger partial charge on any atom is -0.507 e. The van der Waals surface area contributed by atoms with Crippen LogP contribution in [0.5, 0.6) is 17.2 Å². The SMILES string of the molecule is CCCCOc1ccc(C2C(=C(O)c3ccc(OC)cc3)C(=O)C(=O)N2CCN(C)C)cc1OC. The number of unbranched alkanes of at least 4 members (excludes halogenated alkanes) is 1. The lowest BCUT2D eigenvalue weighted by Gasteiger charge is -2.27. The van der Waals surface area contributed by atoms with Crippen LogP contribution in [0.15, 0.2) is 48.0 Å². The van der Waals surface area contributed by atoms with Gasteiger partial charge >= 0.3 is 0 Å². The van der Waals surface area contributed by atoms with E-state index in [-0.39, 0.29) is 11.3 Å². The number of ketones is 1. The number of benzene rings is 2. The van der Waals surface area contributed by atoms with Gasteiger partial charge in [-0.2, -0.15) is 0 Å². The summed E-state index contributed by atoms with van der Waals surface area (Å²) in [6, 6.07) is 11.3. The van der Waals surface area contributed by atoms with Gasteiger partial charge in [-0.15, -0.1) is 0 Å². The third-order valence-corrected chi connectivity index (χ3v) is 5.95. The average Bonchev–Trinajstić information content (AvgIpc) is 3.12. The standard InChI is InChI=1S/C27H34N2O6/c1-6-7-16-35-21-13-10-19(17-22(21)34-5)24-23(25(30)18-8-11-20(33-4)12-9-18)26(31)27(32)29(24)15-14-28(2)3/h8-13,17,24,30H,6-7,14-16H2,1-5H3. The predicted molar refractivity (Wildman–Crippen MR) is 134 cm³/mol. The second kappa shape index (κ2) is 11.8. The molecule has 1 heterocycles. The fourth-order valence-corrected chi connectivity index (χ4v) is 3.97. The second-order valence-electron chi connectivity index (χ2n) is 8.64. The van der Waals surface area contributed by atoms with Crippen LogP contribution in [0.2, 0.25) is 0 Å². The van der Waals surface area contributed by atoms with E-state index in [1.165, 1.54) is 4.90 Å². The monoisotopic (exact) mass is 482 g/mol. The molecule has 2 aromatic rings. The molecule has 0 bridgehead atoms. The van der Waals surface area contributed by atoms with Gasteiger partial charge in [0.1, 0.15) is 11.5 Å². The highest BCUT2D eigenvalue weighted by molar-refractivity contribution is 6.46. The van der Waals surface area contributed by atoms with Crippen LogP contribution in [0.1, 0.15) is 36.9 Å². The van der Waals surface area contributed by atoms with E-state index in [4.69, 9.17) is 14.2 Å². The molecule has 1 atom stereocenters. The number of hydrogen-bond acceptors (Lipinski definition) is 7. The third kappa shape index (κ3) is 5.77. The van der Waals surface area contributed by atoms with Crippen molar-refractivity contribution in [1.82, 2.24) is 9.80 Å². The molecular weight excluding hydrogens is 448 g/mol. The molecule has 2 aromatic carbocycles. The van der Waals surface area contributed by atoms with Gasteiger partial charge in [-0.1, -0.05) is 19.4 Å². The molecule has 0 radical (unpaired) electrons. The summed E-state index contributed by atoms with van der Waals surface area (Å²) in [5.74, 6) is 0.114. The van der Waals surface area contributed by atoms with Crippen LogP contribution < -0.4 is 14.2 Å². The van der Waals surface area contributed by atoms with Crippen molar-refractivity contribution in [2.75, 3.05) is 48.0 Å². The largest absolute Gasteiger partial charge is 0.507 e. The first kappa shape index (κ1) is 26.1. The maximum atomic E-state index is 13.2. The van der Waals surface area contributed by atoms with E-state index in [2.05, 4.69) is 6.92 Å². The highest BCUT2D eigenvalue weighted by Gasteiger charge is 2.46. The minimum atomic E-state index is -0.768. The van der Waals surface area contributed by atoms with Gasteiger partial charge in [0, 0.05) is 18.7 Å². The van der Waals surface area contributed by atoms with E-state index in [0.29, 0.717) is 48.1 Å². The van der Waals surface area contributed by atoms with Gasteiger partial charge in [0.25, 0.3) is 11.7 Å². The summed E-state index contributed by atoms with van der Waals surface area (Å²) in [4.78, 5) is 29.7. The fraction of sp³-hybridized carbons (Fsp3) is 0.407. The highest BCUT2D eigenvalue weighted by atomic mass is 16.5. The van der Waals surface area contributed by atoms with Crippen LogP contribution in [0.4, 0.5) is 0 Å². The van der Waals surface area contributed by atoms with Crippen LogP contribution in [-0.2, 0) is 9.59 Å². The van der Waals surface area contributed by atoms with Crippen LogP contribution in [0, 0.1) is 0 Å². The number of Topliss-reactive ketones (excluding diaryl/α,β-unsaturated/α-hetero) is 1. The van der Waals surface area contributed by atoms with Crippen LogP contribution in [0.3, 0.4) is 0 Å². The Balaban J connectivity index is 2.10. The van der Waals surface area contributed by atoms with E-state index < -0.39 is 17.7 Å². The second-order valence-corrected chi connectivity index (χ2v) is 8.64. The zero-order chi connectivity index (χ0) is 25.5. The number of aliphatic hydroxyl groups is 1. The Hall–Kier alpha value is -3.52. The van der Waals surface area contributed by atoms with Gasteiger partial charge in [0.15, 0.2) is 11.5 Å². The molecule has 0 aliphatic carbocycles. The van der Waals surface area contributed by atoms with Gasteiger partial charge in [-0.25, -0.2) is 0 Å². The van der Waals surface area contributed by atoms with Gasteiger partial charge in [0.05, 0.1) is 32.4 Å². The quantitative estimate of drug-likeness (QED) is 0.225. The lowest BCUT2D eigenvalue weighted by Crippen LogP contribution is -2.35. The Labute approximate surface area is 206 Å². The number of likely N-dealkylation sites (N-methyl/N-ethyl adjacent to an activating group) is 1. The fourth-order valence-electron chi connectivity index (χ4n) is 3.97. The normalized spacial score (nSPS) is 17.2. The van der Waals surface area contributed by atoms with Crippen LogP contribution in [-0.4, -0.2) is 74.6 Å². The number of carbonyl (C=O) groups is 2. The lowest BCUT2D eigenvalue weighted by molar-refractivity contribution is -0.140. The zero-order valence-electron chi connectivity index (χ0n) is 21.0. The first-order valence-electron chi connectivity index (χ1n) is 11.7. The van der Waals surface area contributed by atoms with Crippen molar-refractivity contribution in [3.05, 3.63) is 59.2 Å². The van der Waals surface area contributed by atoms with Crippen molar-refractivity contribution in [1.29, 1.82) is 0 Å². The van der Waals surface area contributed by atoms with Crippen molar-refractivity contribution < 1.29 is 28.9 Å². The van der Waals surface area contributed by atoms with Crippen molar-refractivity contribution in [2.24, 2.45) is 0 Å². The molecule has 1 amide bonds. The van der Waals surface area contributed by atoms with Crippen molar-refractivity contribution in [3.63, 3.8) is 0 Å². The van der Waals surface area contributed by atoms with Gasteiger partial charge < -0.3 is 29.1 Å². The molecule has 188 valence electrons. The van der Waals surface area contributed by atoms with Crippen LogP contribution in [0.25, 0.3) is 5.76 Å². The first-order chi connectivity index (χ1) is 16.8. The molecule has 1 fully saturated rings. The summed E-state index contributed by atoms with van der Waals surface area (Å²) in [5.41, 5.74) is 1.12. The molecule has 1 saturated heterocycles. The molecule has 1 unspecified atom stereocenters. The van der Waals surface area contributed by atoms with E-state index in [1.54, 1.807) is 50.6 Å². The summed E-state index contributed by atoms with van der Waals surface area (Å²) in [6.45, 7) is 3.52. The number of hydrogen-bond donors (Lipinski definition) is 1. The molecule has 35 heavy (non-hydrogen) atoms. The van der Waals surface area contributed by atoms with Gasteiger partial charge in [-0.05, 0) is 62.5 Å². The Morgan fingerprint density at radius 1 is 1.03 bits per heavy atom. The Morgan fingerprint density at radius 3 is 2.34 bits per heavy atom. The minimum absolute atomic E-state index is 0.0422. The molecule has 1 aliphatic rings. The smallest absolute Gasteiger partial charge is 0.295 e. The predicted octanol–water partition coefficient (Wildman–Crippen LogP) is 3.87. The number of rotatable bonds is 11. The molecule has 1 N–H and O–H groups in total. The first-order valence-corrected chi connectivity index (χ1v) is 11.7. The highest BCUT2D eigenvalue weighted by Crippen LogP contribution is 2.42. The summed E-state index contributed by atoms with van der Waals surface area (Å²) in [7, 11) is 6.89. The van der Waals surface area contributed by atoms with E-state index >= 15 is 0 Å². The van der Waals surface area contributed by atoms with Gasteiger partial charge in [-0.3, -0.25) is 9.59 Å². The Kier molecular flexibility index (Phi) is 8.76. The lowest BCUT2D eigenvalue weighted by atomic mass is 9.95. The van der Waals surface area contributed by atoms with Crippen molar-refractivity contribution in [3.8, 4) is 17.2 Å². The van der Waals surface area contributed by atoms with E-state index in [1.807, 2.05) is 25.1 Å². The molecule has 8 heteroatoms. The number of likely N-dealkylation sites (tertiary alicyclic amines) is 1. The average molecular weight is 483 g/mol. The molecular formula is C27H34N2O6. The molecule has 3 rings (SSSR count). The molecule has 1 aliphatic heterocycles. The Morgan fingerprint density at radius 2 is 1.74 bits per heavy atom. The topological polar surface area (TPSA) is 88.5 Å². The summed E-state index contributed by atoms with van der Waals surface area (Å²) >= 11 is 0. The number of amides is 1. The van der Waals surface area contributed by atoms with Crippen molar-refractivity contribution >= 4 is 17.4 Å². The van der Waals surface area contributed by atoms with E-state index in [0.717, 1.165) is 12.8 Å². The maximum Gasteiger partial charge on any atom is 0.295 e. The molecule has 8 nitrogen and oxygen atoms in total. The molecule has 0 saturated carbocycles. The van der Waals surface area contributed by atoms with Crippen LogP contribution >= 0.6 is 0 Å². The summed E-state index contributed by atoms with van der Waals surface area (Å²) < 4.78 is 16.6. The molecule has 0 spiro atoms. The Bertz CT molecular complexity index is 1080. The summed E-state index contributed by atoms with van der Waals surface area (Å²) in [5, 5.41) is 11.2. The number of ether oxygens (including phenoxy) is 3. The van der Waals surface area contributed by atoms with E-state index in [9.17, 15) is 14.7 Å². The number of nitrogens with zero attached hydrogens (tertiary/aromatic N) is 2.